The number of hydrogen-bond donors (Lipinski definition) is 4. The Morgan fingerprint density at radius 2 is 1.57 bits per heavy atom. The topological polar surface area (TPSA) is 183 Å². The first-order valence-corrected chi connectivity index (χ1v) is 21.7. The molecule has 63 heavy (non-hydrogen) atoms. The van der Waals surface area contributed by atoms with E-state index in [4.69, 9.17) is 35.5 Å². The molecule has 0 fully saturated rings. The third-order valence-electron chi connectivity index (χ3n) is 10.6. The number of aryl methyl sites for hydroxylation is 2. The van der Waals surface area contributed by atoms with Gasteiger partial charge < -0.3 is 40.0 Å². The highest BCUT2D eigenvalue weighted by Gasteiger charge is 2.42. The predicted octanol–water partition coefficient (Wildman–Crippen LogP) is 7.03. The second-order valence-corrected chi connectivity index (χ2v) is 16.7. The average Bonchev–Trinajstić information content (AvgIpc) is 3.92. The molecule has 2 aliphatic rings. The maximum atomic E-state index is 13.6. The normalized spacial score (nSPS) is 15.2. The van der Waals surface area contributed by atoms with Crippen LogP contribution in [0.3, 0.4) is 0 Å². The minimum atomic E-state index is -2.03. The number of fused-ring (bicyclic) bond motifs is 4. The number of thiophene rings is 1. The molecule has 326 valence electrons. The highest BCUT2D eigenvalue weighted by molar-refractivity contribution is 7.15. The Kier molecular flexibility index (Phi) is 13.6. The zero-order valence-electron chi connectivity index (χ0n) is 35.1. The summed E-state index contributed by atoms with van der Waals surface area (Å²) in [7, 11) is 0. The predicted molar refractivity (Wildman–Crippen MR) is 243 cm³/mol. The van der Waals surface area contributed by atoms with Crippen LogP contribution in [0.1, 0.15) is 45.2 Å². The fourth-order valence-corrected chi connectivity index (χ4v) is 8.64. The van der Waals surface area contributed by atoms with Crippen molar-refractivity contribution in [3.05, 3.63) is 129 Å². The van der Waals surface area contributed by atoms with Crippen LogP contribution in [0.2, 0.25) is 5.02 Å². The van der Waals surface area contributed by atoms with E-state index in [1.807, 2.05) is 63.2 Å². The SMILES string of the molecule is Cc1sc2c(c1C)C(c1ccc(Cl)cc1)=N[C@](O)(CC(=O)Nc1ccc(OCCOCCOCCOCCNc3cc(-c4ccc5c(c4)NC(=O)C5)ccn3)cc1)c1nnc(C)n1-2. The number of carbonyl (C=O) groups is 2. The maximum Gasteiger partial charge on any atom is 0.229 e. The minimum Gasteiger partial charge on any atom is -0.491 e. The molecule has 3 aromatic heterocycles. The van der Waals surface area contributed by atoms with Gasteiger partial charge in [0, 0.05) is 45.1 Å². The molecule has 0 aliphatic carbocycles. The summed E-state index contributed by atoms with van der Waals surface area (Å²) >= 11 is 7.78. The molecule has 3 aromatic carbocycles. The third-order valence-corrected chi connectivity index (χ3v) is 12.0. The van der Waals surface area contributed by atoms with Gasteiger partial charge in [0.05, 0.1) is 58.2 Å². The number of ether oxygens (including phenoxy) is 4. The summed E-state index contributed by atoms with van der Waals surface area (Å²) in [4.78, 5) is 35.6. The first-order chi connectivity index (χ1) is 30.5. The number of aliphatic imine (C=N–C) groups is 1. The van der Waals surface area contributed by atoms with E-state index in [0.29, 0.717) is 87.2 Å². The number of carbonyl (C=O) groups excluding carboxylic acids is 2. The molecule has 15 nitrogen and oxygen atoms in total. The van der Waals surface area contributed by atoms with Crippen molar-refractivity contribution < 1.29 is 33.6 Å². The summed E-state index contributed by atoms with van der Waals surface area (Å²) in [6, 6.07) is 24.1. The molecule has 5 heterocycles. The van der Waals surface area contributed by atoms with E-state index in [9.17, 15) is 14.7 Å². The lowest BCUT2D eigenvalue weighted by atomic mass is 9.99. The molecule has 2 amide bonds. The van der Waals surface area contributed by atoms with Gasteiger partial charge in [0.15, 0.2) is 5.82 Å². The number of anilines is 3. The van der Waals surface area contributed by atoms with E-state index < -0.39 is 18.1 Å². The van der Waals surface area contributed by atoms with Crippen molar-refractivity contribution in [3.63, 3.8) is 0 Å². The van der Waals surface area contributed by atoms with E-state index in [0.717, 1.165) is 54.8 Å². The first kappa shape index (κ1) is 43.6. The van der Waals surface area contributed by atoms with E-state index in [1.54, 1.807) is 58.5 Å². The van der Waals surface area contributed by atoms with Gasteiger partial charge in [0.25, 0.3) is 0 Å². The number of aliphatic hydroxyl groups is 1. The van der Waals surface area contributed by atoms with Crippen molar-refractivity contribution in [1.82, 2.24) is 19.7 Å². The molecule has 0 saturated heterocycles. The number of halogens is 1. The molecular weight excluding hydrogens is 844 g/mol. The number of aromatic nitrogens is 4. The molecule has 4 N–H and O–H groups in total. The van der Waals surface area contributed by atoms with E-state index in [1.165, 1.54) is 0 Å². The summed E-state index contributed by atoms with van der Waals surface area (Å²) in [5.74, 6) is 1.64. The molecule has 0 radical (unpaired) electrons. The summed E-state index contributed by atoms with van der Waals surface area (Å²) in [5.41, 5.74) is 5.54. The Hall–Kier alpha value is -6.01. The third kappa shape index (κ3) is 10.3. The highest BCUT2D eigenvalue weighted by atomic mass is 35.5. The number of benzene rings is 3. The van der Waals surface area contributed by atoms with Crippen LogP contribution in [-0.2, 0) is 35.9 Å². The van der Waals surface area contributed by atoms with E-state index in [2.05, 4.69) is 31.1 Å². The van der Waals surface area contributed by atoms with E-state index in [-0.39, 0.29) is 11.7 Å². The summed E-state index contributed by atoms with van der Waals surface area (Å²) in [5, 5.41) is 31.3. The Bertz CT molecular complexity index is 2630. The van der Waals surface area contributed by atoms with Gasteiger partial charge >= 0.3 is 0 Å². The van der Waals surface area contributed by atoms with Gasteiger partial charge in [-0.25, -0.2) is 9.98 Å². The fourth-order valence-electron chi connectivity index (χ4n) is 7.31. The molecule has 6 aromatic rings. The number of nitrogens with one attached hydrogen (secondary N) is 3. The maximum absolute atomic E-state index is 13.6. The van der Waals surface area contributed by atoms with Gasteiger partial charge in [0.1, 0.15) is 29.0 Å². The van der Waals surface area contributed by atoms with Gasteiger partial charge in [-0.1, -0.05) is 35.9 Å². The van der Waals surface area contributed by atoms with Gasteiger partial charge in [-0.2, -0.15) is 0 Å². The number of nitrogens with zero attached hydrogens (tertiary/aromatic N) is 5. The number of rotatable bonds is 19. The molecule has 1 atom stereocenters. The molecule has 0 unspecified atom stereocenters. The summed E-state index contributed by atoms with van der Waals surface area (Å²) in [6.07, 6.45) is 1.77. The highest BCUT2D eigenvalue weighted by Crippen LogP contribution is 2.41. The van der Waals surface area contributed by atoms with Crippen molar-refractivity contribution in [3.8, 4) is 21.9 Å². The van der Waals surface area contributed by atoms with Crippen LogP contribution in [-0.4, -0.2) is 95.2 Å². The van der Waals surface area contributed by atoms with E-state index >= 15 is 0 Å². The van der Waals surface area contributed by atoms with Crippen molar-refractivity contribution in [2.45, 2.75) is 39.3 Å². The Morgan fingerprint density at radius 3 is 2.33 bits per heavy atom. The lowest BCUT2D eigenvalue weighted by Gasteiger charge is -2.22. The Morgan fingerprint density at radius 1 is 0.873 bits per heavy atom. The van der Waals surface area contributed by atoms with Crippen LogP contribution in [0.5, 0.6) is 5.75 Å². The van der Waals surface area contributed by atoms with Gasteiger partial charge in [-0.05, 0) is 97.6 Å². The van der Waals surface area contributed by atoms with Crippen LogP contribution < -0.4 is 20.7 Å². The largest absolute Gasteiger partial charge is 0.491 e. The summed E-state index contributed by atoms with van der Waals surface area (Å²) in [6.45, 7) is 9.38. The average molecular weight is 891 g/mol. The second-order valence-electron chi connectivity index (χ2n) is 15.0. The molecule has 17 heteroatoms. The van der Waals surface area contributed by atoms with Gasteiger partial charge in [0.2, 0.25) is 17.5 Å². The zero-order valence-corrected chi connectivity index (χ0v) is 36.6. The van der Waals surface area contributed by atoms with Crippen LogP contribution >= 0.6 is 22.9 Å². The minimum absolute atomic E-state index is 0.0192. The quantitative estimate of drug-likeness (QED) is 0.0613. The molecule has 0 saturated carbocycles. The summed E-state index contributed by atoms with van der Waals surface area (Å²) < 4.78 is 24.6. The van der Waals surface area contributed by atoms with Crippen LogP contribution in [0.25, 0.3) is 16.1 Å². The van der Waals surface area contributed by atoms with Crippen molar-refractivity contribution in [2.75, 3.05) is 68.7 Å². The molecule has 0 bridgehead atoms. The second kappa shape index (κ2) is 19.6. The lowest BCUT2D eigenvalue weighted by Crippen LogP contribution is -2.33. The molecule has 2 aliphatic heterocycles. The van der Waals surface area contributed by atoms with Crippen molar-refractivity contribution in [2.24, 2.45) is 4.99 Å². The smallest absolute Gasteiger partial charge is 0.229 e. The van der Waals surface area contributed by atoms with Crippen LogP contribution in [0.15, 0.2) is 90.1 Å². The molecule has 0 spiro atoms. The van der Waals surface area contributed by atoms with Crippen molar-refractivity contribution in [1.29, 1.82) is 0 Å². The van der Waals surface area contributed by atoms with Crippen molar-refractivity contribution >= 4 is 57.7 Å². The number of pyridine rings is 1. The fraction of sp³-hybridized carbons (Fsp3) is 0.304. The Balaban J connectivity index is 0.726. The number of amides is 2. The number of hydrogen-bond acceptors (Lipinski definition) is 13. The lowest BCUT2D eigenvalue weighted by molar-refractivity contribution is -0.121. The molecule has 8 rings (SSSR count). The first-order valence-electron chi connectivity index (χ1n) is 20.5. The standard InChI is InChI=1S/C46H47ClN8O7S/c1-28-29(2)63-44-42(28)43(31-6-8-35(47)9-7-31)52-46(58,45-54-53-30(3)55(44)45)27-41(57)50-36-10-12-37(13-11-36)62-23-22-61-21-20-60-19-18-59-17-16-49-39-25-33(14-15-48-39)32-4-5-34-26-40(56)51-38(34)24-32/h4-15,24-25,58H,16-23,26-27H2,1-3H3,(H,48,49)(H,50,57)(H,51,56)/t46-/m0/s1. The zero-order chi connectivity index (χ0) is 43.9. The van der Waals surface area contributed by atoms with Gasteiger partial charge in [-0.15, -0.1) is 21.5 Å². The monoisotopic (exact) mass is 890 g/mol. The molecular formula is C46H47ClN8O7S. The van der Waals surface area contributed by atoms with Crippen LogP contribution in [0, 0.1) is 20.8 Å². The van der Waals surface area contributed by atoms with Crippen LogP contribution in [0.4, 0.5) is 17.2 Å². The Labute approximate surface area is 373 Å². The van der Waals surface area contributed by atoms with Gasteiger partial charge in [-0.3, -0.25) is 14.2 Å².